The van der Waals surface area contributed by atoms with Crippen molar-refractivity contribution < 1.29 is 19.1 Å². The maximum Gasteiger partial charge on any atom is 0.336 e. The van der Waals surface area contributed by atoms with Crippen molar-refractivity contribution in [2.24, 2.45) is 0 Å². The molecule has 0 unspecified atom stereocenters. The molecule has 22 heavy (non-hydrogen) atoms. The second-order valence-electron chi connectivity index (χ2n) is 4.33. The highest BCUT2D eigenvalue weighted by Crippen LogP contribution is 2.35. The highest BCUT2D eigenvalue weighted by molar-refractivity contribution is 6.40. The van der Waals surface area contributed by atoms with Crippen molar-refractivity contribution in [1.82, 2.24) is 0 Å². The van der Waals surface area contributed by atoms with Crippen LogP contribution in [0.15, 0.2) is 24.3 Å². The molecule has 1 rings (SSSR count). The lowest BCUT2D eigenvalue weighted by Crippen LogP contribution is -2.07. The van der Waals surface area contributed by atoms with Crippen molar-refractivity contribution in [3.05, 3.63) is 39.4 Å². The normalized spacial score (nSPS) is 10.7. The minimum atomic E-state index is -0.795. The largest absolute Gasteiger partial charge is 0.463 e. The Hall–Kier alpha value is -1.23. The average Bonchev–Trinajstić information content (AvgIpc) is 2.45. The van der Waals surface area contributed by atoms with Crippen LogP contribution in [-0.2, 0) is 14.3 Å². The Kier molecular flexibility index (Phi) is 8.31. The Balaban J connectivity index is 2.52. The SMILES string of the molecule is CCCCCOC(=O)/C=C/C(=O)Oc1c(Cl)cc(Cl)cc1Cl. The number of halogens is 3. The van der Waals surface area contributed by atoms with E-state index >= 15 is 0 Å². The lowest BCUT2D eigenvalue weighted by molar-refractivity contribution is -0.138. The van der Waals surface area contributed by atoms with E-state index in [1.165, 1.54) is 12.1 Å². The van der Waals surface area contributed by atoms with Crippen LogP contribution in [0.5, 0.6) is 5.75 Å². The molecule has 1 aromatic rings. The Labute approximate surface area is 143 Å². The predicted octanol–water partition coefficient (Wildman–Crippen LogP) is 4.84. The lowest BCUT2D eigenvalue weighted by atomic mass is 10.3. The van der Waals surface area contributed by atoms with Gasteiger partial charge in [0.15, 0.2) is 5.75 Å². The second-order valence-corrected chi connectivity index (χ2v) is 5.58. The molecule has 0 aromatic heterocycles. The standard InChI is InChI=1S/C15H15Cl3O4/c1-2-3-4-7-21-13(19)5-6-14(20)22-15-11(17)8-10(16)9-12(15)18/h5-6,8-9H,2-4,7H2,1H3/b6-5+. The van der Waals surface area contributed by atoms with Crippen LogP contribution in [0.25, 0.3) is 0 Å². The molecule has 0 saturated carbocycles. The number of hydrogen-bond acceptors (Lipinski definition) is 4. The summed E-state index contributed by atoms with van der Waals surface area (Å²) in [5.74, 6) is -1.42. The van der Waals surface area contributed by atoms with Gasteiger partial charge in [0.2, 0.25) is 0 Å². The van der Waals surface area contributed by atoms with Crippen molar-refractivity contribution in [2.45, 2.75) is 26.2 Å². The number of ether oxygens (including phenoxy) is 2. The fourth-order valence-electron chi connectivity index (χ4n) is 1.47. The van der Waals surface area contributed by atoms with E-state index in [9.17, 15) is 9.59 Å². The molecule has 0 saturated heterocycles. The van der Waals surface area contributed by atoms with Crippen molar-refractivity contribution in [3.8, 4) is 5.75 Å². The first-order chi connectivity index (χ1) is 10.4. The zero-order chi connectivity index (χ0) is 16.5. The molecule has 0 aliphatic carbocycles. The van der Waals surface area contributed by atoms with Gasteiger partial charge in [-0.2, -0.15) is 0 Å². The van der Waals surface area contributed by atoms with Crippen LogP contribution in [-0.4, -0.2) is 18.5 Å². The minimum Gasteiger partial charge on any atom is -0.463 e. The van der Waals surface area contributed by atoms with Crippen molar-refractivity contribution in [2.75, 3.05) is 6.61 Å². The molecule has 0 spiro atoms. The Bertz CT molecular complexity index is 547. The van der Waals surface area contributed by atoms with Crippen LogP contribution >= 0.6 is 34.8 Å². The number of hydrogen-bond donors (Lipinski definition) is 0. The number of unbranched alkanes of at least 4 members (excludes halogenated alkanes) is 2. The summed E-state index contributed by atoms with van der Waals surface area (Å²) in [4.78, 5) is 23.0. The van der Waals surface area contributed by atoms with Gasteiger partial charge in [0, 0.05) is 17.2 Å². The summed E-state index contributed by atoms with van der Waals surface area (Å²) in [5.41, 5.74) is 0. The third-order valence-corrected chi connectivity index (χ3v) is 3.29. The average molecular weight is 366 g/mol. The molecule has 4 nitrogen and oxygen atoms in total. The highest BCUT2D eigenvalue weighted by atomic mass is 35.5. The molecule has 0 atom stereocenters. The molecule has 1 aromatic carbocycles. The van der Waals surface area contributed by atoms with Crippen LogP contribution < -0.4 is 4.74 Å². The van der Waals surface area contributed by atoms with Gasteiger partial charge in [-0.05, 0) is 18.6 Å². The first kappa shape index (κ1) is 18.8. The third-order valence-electron chi connectivity index (χ3n) is 2.51. The van der Waals surface area contributed by atoms with Gasteiger partial charge in [-0.15, -0.1) is 0 Å². The molecule has 120 valence electrons. The zero-order valence-electron chi connectivity index (χ0n) is 11.9. The summed E-state index contributed by atoms with van der Waals surface area (Å²) in [6.07, 6.45) is 4.74. The van der Waals surface area contributed by atoms with Gasteiger partial charge in [-0.25, -0.2) is 9.59 Å². The predicted molar refractivity (Wildman–Crippen MR) is 86.7 cm³/mol. The minimum absolute atomic E-state index is 0.0151. The van der Waals surface area contributed by atoms with Crippen LogP contribution in [0.2, 0.25) is 15.1 Å². The molecule has 0 fully saturated rings. The molecule has 0 bridgehead atoms. The number of benzene rings is 1. The molecular weight excluding hydrogens is 351 g/mol. The first-order valence-corrected chi connectivity index (χ1v) is 7.78. The lowest BCUT2D eigenvalue weighted by Gasteiger charge is -2.06. The smallest absolute Gasteiger partial charge is 0.336 e. The molecule has 0 radical (unpaired) electrons. The second kappa shape index (κ2) is 9.72. The first-order valence-electron chi connectivity index (χ1n) is 6.65. The molecule has 0 aliphatic rings. The van der Waals surface area contributed by atoms with E-state index in [0.717, 1.165) is 31.4 Å². The number of rotatable bonds is 7. The van der Waals surface area contributed by atoms with Gasteiger partial charge in [0.1, 0.15) is 0 Å². The van der Waals surface area contributed by atoms with E-state index in [2.05, 4.69) is 0 Å². The summed E-state index contributed by atoms with van der Waals surface area (Å²) < 4.78 is 9.87. The Morgan fingerprint density at radius 1 is 1.05 bits per heavy atom. The zero-order valence-corrected chi connectivity index (χ0v) is 14.2. The fraction of sp³-hybridized carbons (Fsp3) is 0.333. The monoisotopic (exact) mass is 364 g/mol. The van der Waals surface area contributed by atoms with E-state index < -0.39 is 11.9 Å². The summed E-state index contributed by atoms with van der Waals surface area (Å²) in [6, 6.07) is 2.78. The molecule has 0 N–H and O–H groups in total. The van der Waals surface area contributed by atoms with Crippen LogP contribution in [0.3, 0.4) is 0 Å². The van der Waals surface area contributed by atoms with Crippen LogP contribution in [0, 0.1) is 0 Å². The summed E-state index contributed by atoms with van der Waals surface area (Å²) >= 11 is 17.5. The maximum absolute atomic E-state index is 11.6. The van der Waals surface area contributed by atoms with Gasteiger partial charge in [0.05, 0.1) is 16.7 Å². The highest BCUT2D eigenvalue weighted by Gasteiger charge is 2.12. The quantitative estimate of drug-likeness (QED) is 0.300. The third kappa shape index (κ3) is 6.69. The van der Waals surface area contributed by atoms with Crippen molar-refractivity contribution in [3.63, 3.8) is 0 Å². The van der Waals surface area contributed by atoms with Gasteiger partial charge in [-0.3, -0.25) is 0 Å². The number of carbonyl (C=O) groups is 2. The van der Waals surface area contributed by atoms with E-state index in [1.807, 2.05) is 6.92 Å². The molecular formula is C15H15Cl3O4. The molecule has 0 heterocycles. The fourth-order valence-corrected chi connectivity index (χ4v) is 2.36. The van der Waals surface area contributed by atoms with Gasteiger partial charge >= 0.3 is 11.9 Å². The van der Waals surface area contributed by atoms with Gasteiger partial charge in [0.25, 0.3) is 0 Å². The van der Waals surface area contributed by atoms with Gasteiger partial charge in [-0.1, -0.05) is 54.6 Å². The van der Waals surface area contributed by atoms with Gasteiger partial charge < -0.3 is 9.47 Å². The van der Waals surface area contributed by atoms with E-state index in [0.29, 0.717) is 11.6 Å². The van der Waals surface area contributed by atoms with E-state index in [4.69, 9.17) is 44.3 Å². The maximum atomic E-state index is 11.6. The number of esters is 2. The Morgan fingerprint density at radius 2 is 1.64 bits per heavy atom. The topological polar surface area (TPSA) is 52.6 Å². The summed E-state index contributed by atoms with van der Waals surface area (Å²) in [6.45, 7) is 2.37. The molecule has 0 amide bonds. The summed E-state index contributed by atoms with van der Waals surface area (Å²) in [5, 5.41) is 0.517. The number of carbonyl (C=O) groups excluding carboxylic acids is 2. The Morgan fingerprint density at radius 3 is 2.23 bits per heavy atom. The van der Waals surface area contributed by atoms with E-state index in [-0.39, 0.29) is 15.8 Å². The van der Waals surface area contributed by atoms with Crippen molar-refractivity contribution in [1.29, 1.82) is 0 Å². The van der Waals surface area contributed by atoms with Crippen LogP contribution in [0.1, 0.15) is 26.2 Å². The van der Waals surface area contributed by atoms with Crippen LogP contribution in [0.4, 0.5) is 0 Å². The molecule has 7 heteroatoms. The summed E-state index contributed by atoms with van der Waals surface area (Å²) in [7, 11) is 0. The van der Waals surface area contributed by atoms with E-state index in [1.54, 1.807) is 0 Å². The molecule has 0 aliphatic heterocycles. The van der Waals surface area contributed by atoms with Crippen molar-refractivity contribution >= 4 is 46.7 Å².